The van der Waals surface area contributed by atoms with E-state index in [1.807, 2.05) is 74.5 Å². The molecule has 204 valence electrons. The van der Waals surface area contributed by atoms with Gasteiger partial charge in [0.1, 0.15) is 24.7 Å². The molecule has 0 aromatic heterocycles. The van der Waals surface area contributed by atoms with Gasteiger partial charge in [-0.05, 0) is 72.9 Å². The number of carbonyl (C=O) groups excluding carboxylic acids is 1. The summed E-state index contributed by atoms with van der Waals surface area (Å²) in [6, 6.07) is 23.3. The van der Waals surface area contributed by atoms with Gasteiger partial charge >= 0.3 is 5.97 Å². The number of hydrogen-bond acceptors (Lipinski definition) is 6. The number of rotatable bonds is 17. The van der Waals surface area contributed by atoms with E-state index in [1.165, 1.54) is 0 Å². The van der Waals surface area contributed by atoms with Crippen LogP contribution in [0.3, 0.4) is 0 Å². The van der Waals surface area contributed by atoms with Crippen LogP contribution < -0.4 is 9.47 Å². The molecule has 0 aliphatic rings. The molecule has 0 saturated carbocycles. The first-order chi connectivity index (χ1) is 18.6. The van der Waals surface area contributed by atoms with E-state index in [9.17, 15) is 4.79 Å². The average Bonchev–Trinajstić information content (AvgIpc) is 2.96. The maximum Gasteiger partial charge on any atom is 0.338 e. The largest absolute Gasteiger partial charge is 0.491 e. The molecule has 1 unspecified atom stereocenters. The molecule has 6 heteroatoms. The third-order valence-electron chi connectivity index (χ3n) is 6.03. The Labute approximate surface area is 226 Å². The van der Waals surface area contributed by atoms with Crippen LogP contribution >= 0.6 is 0 Å². The predicted molar refractivity (Wildman–Crippen MR) is 150 cm³/mol. The molecule has 0 aliphatic heterocycles. The Kier molecular flexibility index (Phi) is 12.7. The van der Waals surface area contributed by atoms with Crippen molar-refractivity contribution in [1.82, 2.24) is 0 Å². The third-order valence-corrected chi connectivity index (χ3v) is 6.03. The van der Waals surface area contributed by atoms with Gasteiger partial charge in [-0.3, -0.25) is 0 Å². The van der Waals surface area contributed by atoms with E-state index in [0.717, 1.165) is 54.1 Å². The summed E-state index contributed by atoms with van der Waals surface area (Å²) < 4.78 is 28.1. The Hall–Kier alpha value is -3.35. The second-order valence-corrected chi connectivity index (χ2v) is 9.09. The number of carbonyl (C=O) groups is 1. The minimum Gasteiger partial charge on any atom is -0.491 e. The molecule has 0 spiro atoms. The molecule has 0 N–H and O–H groups in total. The zero-order valence-corrected chi connectivity index (χ0v) is 22.8. The first-order valence-corrected chi connectivity index (χ1v) is 13.5. The van der Waals surface area contributed by atoms with Crippen molar-refractivity contribution in [2.75, 3.05) is 33.0 Å². The minimum atomic E-state index is -0.296. The summed E-state index contributed by atoms with van der Waals surface area (Å²) in [5.74, 6) is 1.30. The van der Waals surface area contributed by atoms with Gasteiger partial charge in [0.25, 0.3) is 0 Å². The fraction of sp³-hybridized carbons (Fsp3) is 0.406. The van der Waals surface area contributed by atoms with Crippen molar-refractivity contribution in [1.29, 1.82) is 0 Å². The number of hydrogen-bond donors (Lipinski definition) is 0. The molecular weight excluding hydrogens is 480 g/mol. The number of benzene rings is 3. The molecule has 0 saturated heterocycles. The molecule has 0 radical (unpaired) electrons. The summed E-state index contributed by atoms with van der Waals surface area (Å²) in [5, 5.41) is 0. The molecule has 38 heavy (non-hydrogen) atoms. The van der Waals surface area contributed by atoms with Gasteiger partial charge in [0, 0.05) is 6.61 Å². The van der Waals surface area contributed by atoms with Crippen molar-refractivity contribution >= 4 is 5.97 Å². The van der Waals surface area contributed by atoms with E-state index in [1.54, 1.807) is 12.1 Å². The van der Waals surface area contributed by atoms with E-state index < -0.39 is 0 Å². The normalized spacial score (nSPS) is 11.7. The summed E-state index contributed by atoms with van der Waals surface area (Å²) in [6.45, 7) is 9.50. The topological polar surface area (TPSA) is 63.2 Å². The number of ether oxygens (including phenoxy) is 5. The van der Waals surface area contributed by atoms with Gasteiger partial charge in [-0.2, -0.15) is 0 Å². The van der Waals surface area contributed by atoms with Crippen LogP contribution in [-0.2, 0) is 20.8 Å². The lowest BCUT2D eigenvalue weighted by Gasteiger charge is -2.11. The highest BCUT2D eigenvalue weighted by Crippen LogP contribution is 2.25. The van der Waals surface area contributed by atoms with E-state index in [2.05, 4.69) is 6.92 Å². The van der Waals surface area contributed by atoms with Crippen molar-refractivity contribution in [2.45, 2.75) is 52.7 Å². The minimum absolute atomic E-state index is 0.0874. The average molecular weight is 521 g/mol. The van der Waals surface area contributed by atoms with Gasteiger partial charge in [-0.15, -0.1) is 0 Å². The fourth-order valence-electron chi connectivity index (χ4n) is 3.51. The molecule has 6 nitrogen and oxygen atoms in total. The van der Waals surface area contributed by atoms with Crippen LogP contribution in [0.15, 0.2) is 72.8 Å². The summed E-state index contributed by atoms with van der Waals surface area (Å²) in [6.07, 6.45) is 2.94. The smallest absolute Gasteiger partial charge is 0.338 e. The van der Waals surface area contributed by atoms with Crippen molar-refractivity contribution in [2.24, 2.45) is 0 Å². The quantitative estimate of drug-likeness (QED) is 0.140. The predicted octanol–water partition coefficient (Wildman–Crippen LogP) is 7.10. The lowest BCUT2D eigenvalue weighted by molar-refractivity contribution is 0.0334. The van der Waals surface area contributed by atoms with E-state index in [4.69, 9.17) is 23.7 Å². The first-order valence-electron chi connectivity index (χ1n) is 13.5. The second kappa shape index (κ2) is 16.5. The fourth-order valence-corrected chi connectivity index (χ4v) is 3.51. The highest BCUT2D eigenvalue weighted by Gasteiger charge is 2.10. The second-order valence-electron chi connectivity index (χ2n) is 9.09. The molecule has 3 rings (SSSR count). The molecular formula is C32H40O6. The summed E-state index contributed by atoms with van der Waals surface area (Å²) in [7, 11) is 0. The van der Waals surface area contributed by atoms with Gasteiger partial charge in [0.2, 0.25) is 0 Å². The van der Waals surface area contributed by atoms with Crippen LogP contribution in [0.4, 0.5) is 0 Å². The van der Waals surface area contributed by atoms with Gasteiger partial charge in [-0.1, -0.05) is 56.7 Å². The maximum absolute atomic E-state index is 12.1. The van der Waals surface area contributed by atoms with E-state index in [0.29, 0.717) is 38.6 Å². The zero-order chi connectivity index (χ0) is 27.0. The summed E-state index contributed by atoms with van der Waals surface area (Å²) >= 11 is 0. The molecule has 0 aliphatic carbocycles. The van der Waals surface area contributed by atoms with Crippen LogP contribution in [0.25, 0.3) is 11.1 Å². The van der Waals surface area contributed by atoms with Crippen LogP contribution in [0, 0.1) is 0 Å². The lowest BCUT2D eigenvalue weighted by Crippen LogP contribution is -2.14. The Morgan fingerprint density at radius 3 is 1.82 bits per heavy atom. The van der Waals surface area contributed by atoms with Crippen molar-refractivity contribution in [3.05, 3.63) is 83.9 Å². The zero-order valence-electron chi connectivity index (χ0n) is 22.8. The molecule has 0 bridgehead atoms. The van der Waals surface area contributed by atoms with Crippen LogP contribution in [-0.4, -0.2) is 45.1 Å². The monoisotopic (exact) mass is 520 g/mol. The standard InChI is InChI=1S/C32H40O6/c1-4-6-19-34-20-21-35-22-23-36-30-15-11-27(12-16-30)28-13-17-31(18-14-28)37-24-26-7-9-29(10-8-26)32(33)38-25(3)5-2/h7-18,25H,4-6,19-24H2,1-3H3. The van der Waals surface area contributed by atoms with Gasteiger partial charge in [0.05, 0.1) is 31.5 Å². The van der Waals surface area contributed by atoms with E-state index in [-0.39, 0.29) is 12.1 Å². The maximum atomic E-state index is 12.1. The molecule has 0 fully saturated rings. The third kappa shape index (κ3) is 10.2. The van der Waals surface area contributed by atoms with Crippen molar-refractivity contribution < 1.29 is 28.5 Å². The van der Waals surface area contributed by atoms with Crippen molar-refractivity contribution in [3.8, 4) is 22.6 Å². The Morgan fingerprint density at radius 2 is 1.24 bits per heavy atom. The summed E-state index contributed by atoms with van der Waals surface area (Å²) in [4.78, 5) is 12.1. The Morgan fingerprint density at radius 1 is 0.684 bits per heavy atom. The molecule has 3 aromatic carbocycles. The Balaban J connectivity index is 1.38. The van der Waals surface area contributed by atoms with Gasteiger partial charge < -0.3 is 23.7 Å². The highest BCUT2D eigenvalue weighted by molar-refractivity contribution is 5.89. The van der Waals surface area contributed by atoms with Crippen LogP contribution in [0.5, 0.6) is 11.5 Å². The first kappa shape index (κ1) is 29.2. The molecule has 1 atom stereocenters. The van der Waals surface area contributed by atoms with Crippen LogP contribution in [0.1, 0.15) is 56.0 Å². The lowest BCUT2D eigenvalue weighted by atomic mass is 10.1. The van der Waals surface area contributed by atoms with Gasteiger partial charge in [0.15, 0.2) is 0 Å². The summed E-state index contributed by atoms with van der Waals surface area (Å²) in [5.41, 5.74) is 3.73. The number of esters is 1. The molecule has 3 aromatic rings. The van der Waals surface area contributed by atoms with Crippen molar-refractivity contribution in [3.63, 3.8) is 0 Å². The molecule has 0 heterocycles. The highest BCUT2D eigenvalue weighted by atomic mass is 16.5. The van der Waals surface area contributed by atoms with Gasteiger partial charge in [-0.25, -0.2) is 4.79 Å². The van der Waals surface area contributed by atoms with Crippen LogP contribution in [0.2, 0.25) is 0 Å². The SMILES string of the molecule is CCCCOCCOCCOc1ccc(-c2ccc(OCc3ccc(C(=O)OC(C)CC)cc3)cc2)cc1. The van der Waals surface area contributed by atoms with E-state index >= 15 is 0 Å². The molecule has 0 amide bonds. The number of unbranched alkanes of at least 4 members (excludes halogenated alkanes) is 1. The Bertz CT molecular complexity index is 1060.